The van der Waals surface area contributed by atoms with Crippen LogP contribution in [-0.2, 0) is 10.8 Å². The van der Waals surface area contributed by atoms with E-state index in [1.165, 1.54) is 11.3 Å². The molecule has 0 amide bonds. The Balaban J connectivity index is 2.20. The van der Waals surface area contributed by atoms with Crippen LogP contribution in [0.4, 0.5) is 0 Å². The number of aromatic nitrogens is 2. The zero-order chi connectivity index (χ0) is 13.9. The Morgan fingerprint density at radius 3 is 2.45 bits per heavy atom. The minimum absolute atomic E-state index is 0.641. The molecule has 0 aliphatic carbocycles. The van der Waals surface area contributed by atoms with E-state index in [9.17, 15) is 4.21 Å². The van der Waals surface area contributed by atoms with Crippen molar-refractivity contribution in [2.24, 2.45) is 0 Å². The molecule has 0 aliphatic rings. The Morgan fingerprint density at radius 1 is 1.05 bits per heavy atom. The molecule has 3 nitrogen and oxygen atoms in total. The Bertz CT molecular complexity index is 682. The van der Waals surface area contributed by atoms with Crippen LogP contribution in [0, 0.1) is 0 Å². The van der Waals surface area contributed by atoms with E-state index < -0.39 is 10.8 Å². The number of benzene rings is 1. The number of rotatable bonds is 3. The molecule has 0 bridgehead atoms. The normalized spacial score (nSPS) is 12.2. The first kappa shape index (κ1) is 13.1. The van der Waals surface area contributed by atoms with Gasteiger partial charge in [-0.1, -0.05) is 36.4 Å². The molecule has 3 aromatic rings. The van der Waals surface area contributed by atoms with E-state index in [-0.39, 0.29) is 0 Å². The predicted molar refractivity (Wildman–Crippen MR) is 83.1 cm³/mol. The molecule has 0 saturated carbocycles. The van der Waals surface area contributed by atoms with Gasteiger partial charge in [0.25, 0.3) is 0 Å². The van der Waals surface area contributed by atoms with Crippen molar-refractivity contribution in [2.45, 2.75) is 4.34 Å². The quantitative estimate of drug-likeness (QED) is 0.742. The summed E-state index contributed by atoms with van der Waals surface area (Å²) in [6.07, 6.45) is 5.20. The van der Waals surface area contributed by atoms with Gasteiger partial charge in [0.15, 0.2) is 4.34 Å². The number of pyridine rings is 1. The lowest BCUT2D eigenvalue weighted by molar-refractivity contribution is 0.686. The van der Waals surface area contributed by atoms with Crippen LogP contribution in [0.15, 0.2) is 59.2 Å². The highest BCUT2D eigenvalue weighted by Crippen LogP contribution is 2.37. The first-order valence-electron chi connectivity index (χ1n) is 6.06. The van der Waals surface area contributed by atoms with Gasteiger partial charge < -0.3 is 0 Å². The van der Waals surface area contributed by atoms with E-state index in [0.29, 0.717) is 4.34 Å². The molecule has 3 rings (SSSR count). The minimum atomic E-state index is -1.08. The first-order valence-corrected chi connectivity index (χ1v) is 8.43. The number of hydrogen-bond acceptors (Lipinski definition) is 4. The third-order valence-corrected chi connectivity index (χ3v) is 5.26. The Hall–Kier alpha value is -1.85. The highest BCUT2D eigenvalue weighted by Gasteiger charge is 2.16. The summed E-state index contributed by atoms with van der Waals surface area (Å²) in [5.41, 5.74) is 2.90. The van der Waals surface area contributed by atoms with Crippen LogP contribution in [0.2, 0.25) is 0 Å². The average molecular weight is 300 g/mol. The molecule has 20 heavy (non-hydrogen) atoms. The van der Waals surface area contributed by atoms with Crippen molar-refractivity contribution >= 4 is 22.1 Å². The molecule has 1 atom stereocenters. The van der Waals surface area contributed by atoms with Gasteiger partial charge in [-0.3, -0.25) is 9.19 Å². The Kier molecular flexibility index (Phi) is 3.71. The Morgan fingerprint density at radius 2 is 1.80 bits per heavy atom. The summed E-state index contributed by atoms with van der Waals surface area (Å²) in [5, 5.41) is 0. The molecule has 0 spiro atoms. The van der Waals surface area contributed by atoms with Crippen LogP contribution >= 0.6 is 11.3 Å². The van der Waals surface area contributed by atoms with E-state index in [1.54, 1.807) is 12.5 Å². The molecule has 2 heterocycles. The summed E-state index contributed by atoms with van der Waals surface area (Å²) < 4.78 is 12.4. The number of nitrogens with zero attached hydrogens (tertiary/aromatic N) is 2. The summed E-state index contributed by atoms with van der Waals surface area (Å²) in [4.78, 5) is 9.71. The average Bonchev–Trinajstić information content (AvgIpc) is 2.94. The maximum absolute atomic E-state index is 11.7. The van der Waals surface area contributed by atoms with Crippen molar-refractivity contribution in [3.63, 3.8) is 0 Å². The maximum atomic E-state index is 11.7. The highest BCUT2D eigenvalue weighted by molar-refractivity contribution is 7.86. The number of thiazole rings is 1. The largest absolute Gasteiger partial charge is 0.264 e. The van der Waals surface area contributed by atoms with Crippen LogP contribution in [0.1, 0.15) is 0 Å². The maximum Gasteiger partial charge on any atom is 0.181 e. The molecule has 5 heteroatoms. The fourth-order valence-electron chi connectivity index (χ4n) is 1.91. The van der Waals surface area contributed by atoms with Crippen LogP contribution < -0.4 is 0 Å². The third kappa shape index (κ3) is 2.55. The lowest BCUT2D eigenvalue weighted by Crippen LogP contribution is -1.86. The molecule has 100 valence electrons. The highest BCUT2D eigenvalue weighted by atomic mass is 32.2. The zero-order valence-corrected chi connectivity index (χ0v) is 12.4. The second kappa shape index (κ2) is 5.64. The Labute approximate surface area is 123 Å². The summed E-state index contributed by atoms with van der Waals surface area (Å²) in [6.45, 7) is 0. The van der Waals surface area contributed by atoms with Gasteiger partial charge >= 0.3 is 0 Å². The molecule has 0 fully saturated rings. The smallest absolute Gasteiger partial charge is 0.181 e. The zero-order valence-electron chi connectivity index (χ0n) is 10.8. The van der Waals surface area contributed by atoms with Crippen molar-refractivity contribution in [2.75, 3.05) is 6.26 Å². The van der Waals surface area contributed by atoms with Crippen molar-refractivity contribution in [1.82, 2.24) is 9.97 Å². The molecule has 0 N–H and O–H groups in total. The number of hydrogen-bond donors (Lipinski definition) is 0. The van der Waals surface area contributed by atoms with E-state index in [0.717, 1.165) is 21.7 Å². The lowest BCUT2D eigenvalue weighted by Gasteiger charge is -2.01. The first-order chi connectivity index (χ1) is 9.75. The van der Waals surface area contributed by atoms with Crippen LogP contribution in [-0.4, -0.2) is 20.4 Å². The molecule has 0 radical (unpaired) electrons. The van der Waals surface area contributed by atoms with Crippen molar-refractivity contribution in [3.05, 3.63) is 54.9 Å². The third-order valence-electron chi connectivity index (χ3n) is 2.82. The molecule has 1 unspecified atom stereocenters. The SMILES string of the molecule is CS(=O)c1nc(-c2ccccc2)c(-c2cccnc2)s1. The van der Waals surface area contributed by atoms with Gasteiger partial charge in [-0.2, -0.15) is 0 Å². The molecular formula is C15H12N2OS2. The van der Waals surface area contributed by atoms with Gasteiger partial charge in [0.2, 0.25) is 0 Å². The second-order valence-electron chi connectivity index (χ2n) is 4.22. The van der Waals surface area contributed by atoms with Gasteiger partial charge in [-0.15, -0.1) is 11.3 Å². The van der Waals surface area contributed by atoms with E-state index in [4.69, 9.17) is 0 Å². The molecule has 0 aliphatic heterocycles. The molecule has 1 aromatic carbocycles. The second-order valence-corrected chi connectivity index (χ2v) is 6.77. The summed E-state index contributed by atoms with van der Waals surface area (Å²) in [5.74, 6) is 0. The molecule has 2 aromatic heterocycles. The van der Waals surface area contributed by atoms with Crippen molar-refractivity contribution in [3.8, 4) is 21.7 Å². The lowest BCUT2D eigenvalue weighted by atomic mass is 10.1. The van der Waals surface area contributed by atoms with E-state index in [1.807, 2.05) is 48.7 Å². The standard InChI is InChI=1S/C15H12N2OS2/c1-20(18)15-17-13(11-6-3-2-4-7-11)14(19-15)12-8-5-9-16-10-12/h2-10H,1H3. The van der Waals surface area contributed by atoms with Gasteiger partial charge in [-0.05, 0) is 6.07 Å². The van der Waals surface area contributed by atoms with E-state index in [2.05, 4.69) is 9.97 Å². The van der Waals surface area contributed by atoms with Crippen molar-refractivity contribution < 1.29 is 4.21 Å². The van der Waals surface area contributed by atoms with Crippen molar-refractivity contribution in [1.29, 1.82) is 0 Å². The van der Waals surface area contributed by atoms with E-state index >= 15 is 0 Å². The molecule has 0 saturated heterocycles. The van der Waals surface area contributed by atoms with Crippen LogP contribution in [0.25, 0.3) is 21.7 Å². The topological polar surface area (TPSA) is 42.9 Å². The molecular weight excluding hydrogens is 288 g/mol. The summed E-state index contributed by atoms with van der Waals surface area (Å²) in [7, 11) is -1.08. The van der Waals surface area contributed by atoms with Gasteiger partial charge in [0, 0.05) is 29.8 Å². The monoisotopic (exact) mass is 300 g/mol. The predicted octanol–water partition coefficient (Wildman–Crippen LogP) is 3.61. The van der Waals surface area contributed by atoms with Crippen LogP contribution in [0.3, 0.4) is 0 Å². The minimum Gasteiger partial charge on any atom is -0.264 e. The van der Waals surface area contributed by atoms with Gasteiger partial charge in [-0.25, -0.2) is 4.98 Å². The van der Waals surface area contributed by atoms with Gasteiger partial charge in [0.05, 0.1) is 21.4 Å². The summed E-state index contributed by atoms with van der Waals surface area (Å²) in [6, 6.07) is 13.8. The fourth-order valence-corrected chi connectivity index (χ4v) is 3.66. The van der Waals surface area contributed by atoms with Gasteiger partial charge in [0.1, 0.15) is 0 Å². The van der Waals surface area contributed by atoms with Crippen LogP contribution in [0.5, 0.6) is 0 Å². The fraction of sp³-hybridized carbons (Fsp3) is 0.0667. The summed E-state index contributed by atoms with van der Waals surface area (Å²) >= 11 is 1.46.